The van der Waals surface area contributed by atoms with Gasteiger partial charge < -0.3 is 26.0 Å². The van der Waals surface area contributed by atoms with E-state index in [2.05, 4.69) is 15.5 Å². The van der Waals surface area contributed by atoms with Crippen molar-refractivity contribution in [2.75, 3.05) is 31.2 Å². The zero-order chi connectivity index (χ0) is 20.2. The molecular formula is C22H31N5O2. The largest absolute Gasteiger partial charge is 0.380 e. The molecule has 156 valence electrons. The fourth-order valence-electron chi connectivity index (χ4n) is 4.26. The highest BCUT2D eigenvalue weighted by Crippen LogP contribution is 2.27. The van der Waals surface area contributed by atoms with E-state index in [1.807, 2.05) is 30.3 Å². The van der Waals surface area contributed by atoms with Gasteiger partial charge in [-0.1, -0.05) is 18.2 Å². The lowest BCUT2D eigenvalue weighted by Crippen LogP contribution is -2.49. The lowest BCUT2D eigenvalue weighted by Gasteiger charge is -2.36. The lowest BCUT2D eigenvalue weighted by atomic mass is 10.0. The van der Waals surface area contributed by atoms with E-state index >= 15 is 0 Å². The van der Waals surface area contributed by atoms with Crippen LogP contribution in [0.25, 0.3) is 10.9 Å². The van der Waals surface area contributed by atoms with Crippen molar-refractivity contribution < 1.29 is 9.53 Å². The van der Waals surface area contributed by atoms with Crippen molar-refractivity contribution in [1.82, 2.24) is 15.6 Å². The van der Waals surface area contributed by atoms with E-state index in [4.69, 9.17) is 15.5 Å². The predicted octanol–water partition coefficient (Wildman–Crippen LogP) is 2.01. The summed E-state index contributed by atoms with van der Waals surface area (Å²) in [6.45, 7) is 5.20. The molecule has 0 aliphatic carbocycles. The summed E-state index contributed by atoms with van der Waals surface area (Å²) in [4.78, 5) is 19.9. The molecule has 1 amide bonds. The van der Waals surface area contributed by atoms with Crippen LogP contribution in [0, 0.1) is 0 Å². The summed E-state index contributed by atoms with van der Waals surface area (Å²) in [6, 6.07) is 10.8. The number of benzene rings is 1. The van der Waals surface area contributed by atoms with Crippen LogP contribution in [0.3, 0.4) is 0 Å². The number of nitrogens with one attached hydrogen (secondary N) is 2. The zero-order valence-corrected chi connectivity index (χ0v) is 17.1. The van der Waals surface area contributed by atoms with Crippen LogP contribution in [0.15, 0.2) is 30.3 Å². The van der Waals surface area contributed by atoms with E-state index in [-0.39, 0.29) is 5.91 Å². The summed E-state index contributed by atoms with van der Waals surface area (Å²) >= 11 is 0. The number of nitrogens with two attached hydrogens (primary N) is 1. The Balaban J connectivity index is 1.51. The third-order valence-corrected chi connectivity index (χ3v) is 5.73. The van der Waals surface area contributed by atoms with Crippen molar-refractivity contribution in [3.8, 4) is 0 Å². The smallest absolute Gasteiger partial charge is 0.256 e. The van der Waals surface area contributed by atoms with Crippen LogP contribution in [-0.2, 0) is 4.74 Å². The highest BCUT2D eigenvalue weighted by molar-refractivity contribution is 6.02. The molecule has 1 aromatic carbocycles. The van der Waals surface area contributed by atoms with Gasteiger partial charge in [0, 0.05) is 37.2 Å². The monoisotopic (exact) mass is 397 g/mol. The molecule has 2 fully saturated rings. The van der Waals surface area contributed by atoms with Gasteiger partial charge in [-0.25, -0.2) is 4.98 Å². The van der Waals surface area contributed by atoms with Crippen molar-refractivity contribution in [3.63, 3.8) is 0 Å². The number of para-hydroxylation sites is 1. The molecule has 7 heteroatoms. The number of pyridine rings is 1. The Morgan fingerprint density at radius 2 is 2.03 bits per heavy atom. The number of carbonyl (C=O) groups is 1. The minimum Gasteiger partial charge on any atom is -0.380 e. The second kappa shape index (κ2) is 9.07. The number of piperidine rings is 1. The van der Waals surface area contributed by atoms with Crippen LogP contribution in [0.1, 0.15) is 43.0 Å². The first-order valence-electron chi connectivity index (χ1n) is 10.6. The first kappa shape index (κ1) is 20.1. The Morgan fingerprint density at radius 3 is 2.76 bits per heavy atom. The van der Waals surface area contributed by atoms with Gasteiger partial charge in [-0.05, 0) is 44.7 Å². The van der Waals surface area contributed by atoms with Crippen molar-refractivity contribution in [3.05, 3.63) is 35.9 Å². The first-order valence-corrected chi connectivity index (χ1v) is 10.6. The number of anilines is 1. The van der Waals surface area contributed by atoms with Gasteiger partial charge in [0.05, 0.1) is 23.9 Å². The molecule has 29 heavy (non-hydrogen) atoms. The lowest BCUT2D eigenvalue weighted by molar-refractivity contribution is 0.0650. The maximum Gasteiger partial charge on any atom is 0.256 e. The summed E-state index contributed by atoms with van der Waals surface area (Å²) < 4.78 is 5.59. The molecule has 0 radical (unpaired) electrons. The topological polar surface area (TPSA) is 92.5 Å². The first-order chi connectivity index (χ1) is 14.1. The minimum atomic E-state index is -0.408. The number of ether oxygens (including phenoxy) is 1. The molecule has 1 aromatic heterocycles. The summed E-state index contributed by atoms with van der Waals surface area (Å²) in [7, 11) is 0. The van der Waals surface area contributed by atoms with Crippen molar-refractivity contribution >= 4 is 22.6 Å². The Bertz CT molecular complexity index is 842. The van der Waals surface area contributed by atoms with Gasteiger partial charge in [0.2, 0.25) is 0 Å². The fraction of sp³-hybridized carbons (Fsp3) is 0.545. The van der Waals surface area contributed by atoms with Crippen molar-refractivity contribution in [2.45, 2.75) is 50.9 Å². The standard InChI is InChI=1S/C22H31N5O2/c1-15(23)24-22(28)19-13-16-5-2-3-7-20(16)26-21(19)27-10-8-17(9-11-27)25-18-6-4-12-29-14-18/h2-3,5,7,13,15,17-18,25H,4,6,8-12,14,23H2,1H3,(H,24,28). The van der Waals surface area contributed by atoms with Gasteiger partial charge in [-0.15, -0.1) is 0 Å². The van der Waals surface area contributed by atoms with E-state index < -0.39 is 6.17 Å². The maximum absolute atomic E-state index is 12.8. The molecule has 2 atom stereocenters. The van der Waals surface area contributed by atoms with Crippen LogP contribution in [0.2, 0.25) is 0 Å². The maximum atomic E-state index is 12.8. The van der Waals surface area contributed by atoms with Crippen LogP contribution in [-0.4, -0.2) is 55.4 Å². The van der Waals surface area contributed by atoms with E-state index in [1.165, 1.54) is 6.42 Å². The van der Waals surface area contributed by atoms with Crippen molar-refractivity contribution in [2.24, 2.45) is 5.73 Å². The molecule has 4 N–H and O–H groups in total. The zero-order valence-electron chi connectivity index (χ0n) is 17.1. The van der Waals surface area contributed by atoms with Crippen LogP contribution in [0.5, 0.6) is 0 Å². The summed E-state index contributed by atoms with van der Waals surface area (Å²) in [5, 5.41) is 7.53. The molecule has 2 aromatic rings. The number of aromatic nitrogens is 1. The second-order valence-corrected chi connectivity index (χ2v) is 8.16. The van der Waals surface area contributed by atoms with Gasteiger partial charge in [-0.2, -0.15) is 0 Å². The van der Waals surface area contributed by atoms with Gasteiger partial charge in [0.15, 0.2) is 0 Å². The molecule has 2 saturated heterocycles. The molecular weight excluding hydrogens is 366 g/mol. The number of hydrogen-bond acceptors (Lipinski definition) is 6. The number of hydrogen-bond donors (Lipinski definition) is 3. The number of nitrogens with zero attached hydrogens (tertiary/aromatic N) is 2. The Kier molecular flexibility index (Phi) is 6.28. The third kappa shape index (κ3) is 4.86. The summed E-state index contributed by atoms with van der Waals surface area (Å²) in [5.41, 5.74) is 7.29. The Hall–Kier alpha value is -2.22. The quantitative estimate of drug-likeness (QED) is 0.669. The number of rotatable bonds is 5. The molecule has 2 unspecified atom stereocenters. The second-order valence-electron chi connectivity index (χ2n) is 8.16. The van der Waals surface area contributed by atoms with Gasteiger partial charge >= 0.3 is 0 Å². The van der Waals surface area contributed by atoms with E-state index in [0.29, 0.717) is 17.6 Å². The molecule has 2 aliphatic rings. The van der Waals surface area contributed by atoms with E-state index in [1.54, 1.807) is 6.92 Å². The van der Waals surface area contributed by atoms with Crippen molar-refractivity contribution in [1.29, 1.82) is 0 Å². The van der Waals surface area contributed by atoms with Gasteiger partial charge in [0.1, 0.15) is 5.82 Å². The van der Waals surface area contributed by atoms with Crippen LogP contribution in [0.4, 0.5) is 5.82 Å². The van der Waals surface area contributed by atoms with Gasteiger partial charge in [-0.3, -0.25) is 4.79 Å². The summed E-state index contributed by atoms with van der Waals surface area (Å²) in [6.07, 6.45) is 3.97. The molecule has 2 aliphatic heterocycles. The normalized spacial score (nSPS) is 21.9. The SMILES string of the molecule is CC(N)NC(=O)c1cc2ccccc2nc1N1CCC(NC2CCCOC2)CC1. The average molecular weight is 398 g/mol. The number of carbonyl (C=O) groups excluding carboxylic acids is 1. The average Bonchev–Trinajstić information content (AvgIpc) is 2.73. The Morgan fingerprint density at radius 1 is 1.24 bits per heavy atom. The molecule has 0 saturated carbocycles. The Labute approximate surface area is 172 Å². The van der Waals surface area contributed by atoms with Crippen LogP contribution >= 0.6 is 0 Å². The number of amides is 1. The molecule has 7 nitrogen and oxygen atoms in total. The van der Waals surface area contributed by atoms with E-state index in [0.717, 1.165) is 62.3 Å². The third-order valence-electron chi connectivity index (χ3n) is 5.73. The van der Waals surface area contributed by atoms with Crippen LogP contribution < -0.4 is 21.3 Å². The molecule has 0 spiro atoms. The van der Waals surface area contributed by atoms with E-state index in [9.17, 15) is 4.79 Å². The summed E-state index contributed by atoms with van der Waals surface area (Å²) in [5.74, 6) is 0.578. The fourth-order valence-corrected chi connectivity index (χ4v) is 4.26. The molecule has 0 bridgehead atoms. The highest BCUT2D eigenvalue weighted by atomic mass is 16.5. The highest BCUT2D eigenvalue weighted by Gasteiger charge is 2.26. The molecule has 3 heterocycles. The predicted molar refractivity (Wildman–Crippen MR) is 115 cm³/mol. The molecule has 4 rings (SSSR count). The van der Waals surface area contributed by atoms with Gasteiger partial charge in [0.25, 0.3) is 5.91 Å². The minimum absolute atomic E-state index is 0.173. The number of fused-ring (bicyclic) bond motifs is 1.